The number of nitrogens with one attached hydrogen (secondary N) is 1. The van der Waals surface area contributed by atoms with Gasteiger partial charge in [0, 0.05) is 20.8 Å². The maximum Gasteiger partial charge on any atom is 0.407 e. The van der Waals surface area contributed by atoms with E-state index in [1.807, 2.05) is 18.2 Å². The minimum absolute atomic E-state index is 0.00814. The third-order valence-corrected chi connectivity index (χ3v) is 5.03. The number of allylic oxidation sites excluding steroid dienone is 1. The van der Waals surface area contributed by atoms with Crippen LogP contribution < -0.4 is 5.32 Å². The Balaban J connectivity index is 2.29. The van der Waals surface area contributed by atoms with E-state index in [2.05, 4.69) is 11.9 Å². The highest BCUT2D eigenvalue weighted by atomic mass is 16.7. The van der Waals surface area contributed by atoms with Gasteiger partial charge in [-0.25, -0.2) is 4.79 Å². The second-order valence-corrected chi connectivity index (χ2v) is 8.03. The number of benzene rings is 1. The molecular formula is C25H33NO10. The quantitative estimate of drug-likeness (QED) is 0.194. The van der Waals surface area contributed by atoms with Gasteiger partial charge in [0.2, 0.25) is 0 Å². The molecule has 0 aliphatic carbocycles. The Morgan fingerprint density at radius 1 is 0.972 bits per heavy atom. The first-order valence-electron chi connectivity index (χ1n) is 11.5. The number of hydrogen-bond donors (Lipinski definition) is 1. The molecule has 11 nitrogen and oxygen atoms in total. The van der Waals surface area contributed by atoms with Crippen LogP contribution in [0.2, 0.25) is 0 Å². The number of carbonyl (C=O) groups is 4. The Labute approximate surface area is 210 Å². The third-order valence-electron chi connectivity index (χ3n) is 5.03. The van der Waals surface area contributed by atoms with Crippen molar-refractivity contribution in [3.8, 4) is 0 Å². The van der Waals surface area contributed by atoms with Crippen molar-refractivity contribution < 1.29 is 47.6 Å². The zero-order valence-electron chi connectivity index (χ0n) is 20.7. The summed E-state index contributed by atoms with van der Waals surface area (Å²) in [6.07, 6.45) is -2.44. The van der Waals surface area contributed by atoms with E-state index in [4.69, 9.17) is 28.4 Å². The third kappa shape index (κ3) is 9.67. The lowest BCUT2D eigenvalue weighted by molar-refractivity contribution is -0.277. The summed E-state index contributed by atoms with van der Waals surface area (Å²) in [7, 11) is 0. The molecule has 5 atom stereocenters. The first-order chi connectivity index (χ1) is 17.2. The van der Waals surface area contributed by atoms with E-state index in [0.29, 0.717) is 12.8 Å². The van der Waals surface area contributed by atoms with Crippen LogP contribution in [0.15, 0.2) is 43.0 Å². The van der Waals surface area contributed by atoms with Crippen molar-refractivity contribution >= 4 is 24.0 Å². The summed E-state index contributed by atoms with van der Waals surface area (Å²) >= 11 is 0. The molecule has 0 unspecified atom stereocenters. The van der Waals surface area contributed by atoms with Gasteiger partial charge in [0.25, 0.3) is 0 Å². The molecule has 1 aliphatic rings. The number of esters is 3. The molecule has 11 heteroatoms. The van der Waals surface area contributed by atoms with Crippen LogP contribution in [0.5, 0.6) is 0 Å². The summed E-state index contributed by atoms with van der Waals surface area (Å²) in [5.41, 5.74) is 0.764. The fourth-order valence-corrected chi connectivity index (χ4v) is 3.53. The van der Waals surface area contributed by atoms with Crippen molar-refractivity contribution in [2.45, 2.75) is 70.9 Å². The maximum atomic E-state index is 12.7. The molecule has 1 fully saturated rings. The van der Waals surface area contributed by atoms with Crippen molar-refractivity contribution in [1.29, 1.82) is 0 Å². The lowest BCUT2D eigenvalue weighted by Gasteiger charge is -2.44. The van der Waals surface area contributed by atoms with E-state index >= 15 is 0 Å². The molecule has 0 aromatic heterocycles. The van der Waals surface area contributed by atoms with Crippen molar-refractivity contribution in [2.24, 2.45) is 0 Å². The van der Waals surface area contributed by atoms with Crippen LogP contribution in [0.1, 0.15) is 39.2 Å². The molecule has 1 aliphatic heterocycles. The molecular weight excluding hydrogens is 474 g/mol. The van der Waals surface area contributed by atoms with E-state index in [1.54, 1.807) is 18.2 Å². The second kappa shape index (κ2) is 14.8. The lowest BCUT2D eigenvalue weighted by atomic mass is 9.96. The molecule has 0 saturated carbocycles. The van der Waals surface area contributed by atoms with Gasteiger partial charge in [0.1, 0.15) is 25.4 Å². The first kappa shape index (κ1) is 28.8. The van der Waals surface area contributed by atoms with Crippen molar-refractivity contribution in [3.05, 3.63) is 48.6 Å². The topological polar surface area (TPSA) is 136 Å². The van der Waals surface area contributed by atoms with Gasteiger partial charge in [-0.05, 0) is 18.4 Å². The molecule has 1 heterocycles. The molecule has 36 heavy (non-hydrogen) atoms. The fourth-order valence-electron chi connectivity index (χ4n) is 3.53. The normalized spacial score (nSPS) is 23.1. The summed E-state index contributed by atoms with van der Waals surface area (Å²) in [4.78, 5) is 47.9. The standard InChI is InChI=1S/C25H33NO10/c1-5-6-10-13-31-24-21(26-25(30)33-14-19-11-8-7-9-12-19)23(35-18(4)29)22(34-17(3)28)20(36-24)15-32-16(2)27/h5,7-9,11-12,20-24H,1,6,10,13-15H2,2-4H3,(H,26,30)/t20-,21+,22-,23-,24-/m1/s1. The summed E-state index contributed by atoms with van der Waals surface area (Å²) < 4.78 is 33.0. The van der Waals surface area contributed by atoms with Crippen LogP contribution >= 0.6 is 0 Å². The van der Waals surface area contributed by atoms with Gasteiger partial charge in [0.15, 0.2) is 18.5 Å². The van der Waals surface area contributed by atoms with E-state index in [-0.39, 0.29) is 19.8 Å². The van der Waals surface area contributed by atoms with Gasteiger partial charge >= 0.3 is 24.0 Å². The monoisotopic (exact) mass is 507 g/mol. The summed E-state index contributed by atoms with van der Waals surface area (Å²) in [6.45, 7) is 7.13. The van der Waals surface area contributed by atoms with Crippen molar-refractivity contribution in [2.75, 3.05) is 13.2 Å². The minimum Gasteiger partial charge on any atom is -0.463 e. The summed E-state index contributed by atoms with van der Waals surface area (Å²) in [5, 5.41) is 2.62. The van der Waals surface area contributed by atoms with Crippen LogP contribution in [0.4, 0.5) is 4.79 Å². The largest absolute Gasteiger partial charge is 0.463 e. The number of carbonyl (C=O) groups excluding carboxylic acids is 4. The molecule has 1 saturated heterocycles. The SMILES string of the molecule is C=CCCCO[C@@H]1O[C@H](COC(C)=O)[C@@H](OC(C)=O)[C@H](OC(C)=O)[C@@H]1NC(=O)OCc1ccccc1. The lowest BCUT2D eigenvalue weighted by Crippen LogP contribution is -2.66. The number of hydrogen-bond acceptors (Lipinski definition) is 10. The van der Waals surface area contributed by atoms with Crippen LogP contribution in [0, 0.1) is 0 Å². The van der Waals surface area contributed by atoms with Gasteiger partial charge in [-0.3, -0.25) is 14.4 Å². The highest BCUT2D eigenvalue weighted by Crippen LogP contribution is 2.28. The van der Waals surface area contributed by atoms with Gasteiger partial charge in [-0.1, -0.05) is 36.4 Å². The second-order valence-electron chi connectivity index (χ2n) is 8.03. The molecule has 198 valence electrons. The molecule has 1 aromatic rings. The van der Waals surface area contributed by atoms with Crippen LogP contribution in [0.25, 0.3) is 0 Å². The molecule has 0 radical (unpaired) electrons. The van der Waals surface area contributed by atoms with Crippen molar-refractivity contribution in [3.63, 3.8) is 0 Å². The molecule has 2 rings (SSSR count). The Morgan fingerprint density at radius 2 is 1.64 bits per heavy atom. The van der Waals surface area contributed by atoms with Gasteiger partial charge in [0.05, 0.1) is 6.61 Å². The van der Waals surface area contributed by atoms with E-state index in [9.17, 15) is 19.2 Å². The fraction of sp³-hybridized carbons (Fsp3) is 0.520. The molecule has 1 N–H and O–H groups in total. The average molecular weight is 508 g/mol. The number of ether oxygens (including phenoxy) is 6. The Morgan fingerprint density at radius 3 is 2.25 bits per heavy atom. The predicted octanol–water partition coefficient (Wildman–Crippen LogP) is 2.42. The van der Waals surface area contributed by atoms with Crippen LogP contribution in [0.3, 0.4) is 0 Å². The summed E-state index contributed by atoms with van der Waals surface area (Å²) in [5.74, 6) is -1.97. The predicted molar refractivity (Wildman–Crippen MR) is 125 cm³/mol. The van der Waals surface area contributed by atoms with E-state index < -0.39 is 54.6 Å². The van der Waals surface area contributed by atoms with Crippen LogP contribution in [-0.2, 0) is 49.4 Å². The highest BCUT2D eigenvalue weighted by molar-refractivity contribution is 5.69. The number of amides is 1. The smallest absolute Gasteiger partial charge is 0.407 e. The minimum atomic E-state index is -1.23. The Kier molecular flexibility index (Phi) is 11.9. The van der Waals surface area contributed by atoms with Gasteiger partial charge in [-0.15, -0.1) is 6.58 Å². The van der Waals surface area contributed by atoms with E-state index in [0.717, 1.165) is 5.56 Å². The zero-order valence-corrected chi connectivity index (χ0v) is 20.7. The Bertz CT molecular complexity index is 890. The number of rotatable bonds is 12. The molecule has 1 amide bonds. The van der Waals surface area contributed by atoms with E-state index in [1.165, 1.54) is 20.8 Å². The molecule has 1 aromatic carbocycles. The van der Waals surface area contributed by atoms with Gasteiger partial charge in [-0.2, -0.15) is 0 Å². The summed E-state index contributed by atoms with van der Waals surface area (Å²) in [6, 6.07) is 7.92. The number of unbranched alkanes of at least 4 members (excludes halogenated alkanes) is 1. The number of alkyl carbamates (subject to hydrolysis) is 1. The van der Waals surface area contributed by atoms with Crippen molar-refractivity contribution in [1.82, 2.24) is 5.32 Å². The maximum absolute atomic E-state index is 12.7. The zero-order chi connectivity index (χ0) is 26.5. The Hall–Kier alpha value is -3.44. The molecule has 0 bridgehead atoms. The van der Waals surface area contributed by atoms with Crippen LogP contribution in [-0.4, -0.2) is 67.9 Å². The average Bonchev–Trinajstić information content (AvgIpc) is 2.82. The molecule has 0 spiro atoms. The highest BCUT2D eigenvalue weighted by Gasteiger charge is 2.51. The first-order valence-corrected chi connectivity index (χ1v) is 11.5. The van der Waals surface area contributed by atoms with Gasteiger partial charge < -0.3 is 33.7 Å².